The Morgan fingerprint density at radius 2 is 1.66 bits per heavy atom. The molecular formula is C33H44N2O6. The van der Waals surface area contributed by atoms with Gasteiger partial charge < -0.3 is 35.4 Å². The van der Waals surface area contributed by atoms with Gasteiger partial charge in [-0.05, 0) is 78.4 Å². The number of fused-ring (bicyclic) bond motifs is 2. The zero-order valence-electron chi connectivity index (χ0n) is 24.8. The molecule has 1 aliphatic heterocycles. The minimum absolute atomic E-state index is 0.0644. The largest absolute Gasteiger partial charge is 0.507 e. The average Bonchev–Trinajstić information content (AvgIpc) is 3.04. The second-order valence-corrected chi connectivity index (χ2v) is 10.8. The molecule has 0 spiro atoms. The van der Waals surface area contributed by atoms with Crippen LogP contribution in [0.5, 0.6) is 17.2 Å². The Bertz CT molecular complexity index is 1320. The van der Waals surface area contributed by atoms with E-state index in [0.29, 0.717) is 12.8 Å². The van der Waals surface area contributed by atoms with E-state index < -0.39 is 6.10 Å². The standard InChI is InChI=1S/C33H44N2O6/c1-21(2)10-6-11-22(3)12-7-13-23(4)17-18-35-25-20-27(38)29(28(41-5)16-9-19-36)32(39)31(25)34-30-24(33(35)40)14-8-15-26(30)37/h8,10,12,14-15,17,20,28,34,36-39H,6-7,9,11,13,16,18-19H2,1-5H3. The van der Waals surface area contributed by atoms with Crippen molar-refractivity contribution in [2.75, 3.05) is 30.5 Å². The Labute approximate surface area is 243 Å². The van der Waals surface area contributed by atoms with E-state index in [1.54, 1.807) is 12.1 Å². The van der Waals surface area contributed by atoms with Crippen molar-refractivity contribution in [2.24, 2.45) is 0 Å². The van der Waals surface area contributed by atoms with Gasteiger partial charge in [0, 0.05) is 26.3 Å². The maximum absolute atomic E-state index is 13.8. The zero-order chi connectivity index (χ0) is 30.1. The van der Waals surface area contributed by atoms with Crippen molar-refractivity contribution in [1.29, 1.82) is 0 Å². The molecule has 2 aromatic carbocycles. The van der Waals surface area contributed by atoms with Crippen LogP contribution in [0.2, 0.25) is 0 Å². The van der Waals surface area contributed by atoms with Gasteiger partial charge in [-0.15, -0.1) is 0 Å². The topological polar surface area (TPSA) is 122 Å². The fourth-order valence-electron chi connectivity index (χ4n) is 4.96. The van der Waals surface area contributed by atoms with Crippen LogP contribution in [0, 0.1) is 0 Å². The number of aliphatic hydroxyl groups is 1. The molecule has 0 aliphatic carbocycles. The van der Waals surface area contributed by atoms with Crippen LogP contribution >= 0.6 is 0 Å². The molecule has 222 valence electrons. The SMILES string of the molecule is COC(CCCO)c1c(O)cc2c(c1O)Nc1c(O)cccc1C(=O)N2CC=C(C)CCC=C(C)CCC=C(C)C. The monoisotopic (exact) mass is 564 g/mol. The Morgan fingerprint density at radius 3 is 2.32 bits per heavy atom. The molecule has 0 bridgehead atoms. The number of carbonyl (C=O) groups excluding carboxylic acids is 1. The van der Waals surface area contributed by atoms with E-state index in [-0.39, 0.29) is 64.5 Å². The number of phenolic OH excluding ortho intramolecular Hbond substituents is 3. The Morgan fingerprint density at radius 1 is 0.976 bits per heavy atom. The number of rotatable bonds is 13. The summed E-state index contributed by atoms with van der Waals surface area (Å²) in [6.07, 6.45) is 10.4. The molecule has 1 heterocycles. The molecule has 0 radical (unpaired) electrons. The van der Waals surface area contributed by atoms with E-state index in [1.807, 2.05) is 13.0 Å². The first kappa shape index (κ1) is 31.8. The summed E-state index contributed by atoms with van der Waals surface area (Å²) >= 11 is 0. The van der Waals surface area contributed by atoms with E-state index in [9.17, 15) is 25.2 Å². The lowest BCUT2D eigenvalue weighted by molar-refractivity contribution is 0.0839. The predicted octanol–water partition coefficient (Wildman–Crippen LogP) is 7.39. The molecule has 0 fully saturated rings. The summed E-state index contributed by atoms with van der Waals surface area (Å²) in [4.78, 5) is 15.3. The quantitative estimate of drug-likeness (QED) is 0.0977. The number of nitrogens with zero attached hydrogens (tertiary/aromatic N) is 1. The van der Waals surface area contributed by atoms with Crippen LogP contribution in [-0.2, 0) is 4.74 Å². The van der Waals surface area contributed by atoms with Crippen molar-refractivity contribution in [2.45, 2.75) is 72.3 Å². The molecule has 3 rings (SSSR count). The first-order chi connectivity index (χ1) is 19.6. The van der Waals surface area contributed by atoms with Gasteiger partial charge in [-0.1, -0.05) is 41.0 Å². The number of hydrogen-bond donors (Lipinski definition) is 5. The van der Waals surface area contributed by atoms with Gasteiger partial charge in [0.15, 0.2) is 5.75 Å². The number of hydrogen-bond acceptors (Lipinski definition) is 7. The highest BCUT2D eigenvalue weighted by Crippen LogP contribution is 2.50. The molecule has 2 aromatic rings. The number of anilines is 3. The van der Waals surface area contributed by atoms with Gasteiger partial charge in [0.25, 0.3) is 5.91 Å². The van der Waals surface area contributed by atoms with Gasteiger partial charge in [-0.3, -0.25) is 4.79 Å². The molecule has 1 atom stereocenters. The van der Waals surface area contributed by atoms with Crippen LogP contribution in [-0.4, -0.2) is 46.6 Å². The Hall–Kier alpha value is -3.75. The molecule has 1 unspecified atom stereocenters. The summed E-state index contributed by atoms with van der Waals surface area (Å²) in [6, 6.07) is 6.10. The third-order valence-corrected chi connectivity index (χ3v) is 7.33. The van der Waals surface area contributed by atoms with Gasteiger partial charge in [0.05, 0.1) is 28.6 Å². The zero-order valence-corrected chi connectivity index (χ0v) is 24.8. The minimum Gasteiger partial charge on any atom is -0.507 e. The second-order valence-electron chi connectivity index (χ2n) is 10.8. The Balaban J connectivity index is 1.94. The van der Waals surface area contributed by atoms with E-state index in [0.717, 1.165) is 31.3 Å². The first-order valence-electron chi connectivity index (χ1n) is 14.2. The van der Waals surface area contributed by atoms with Crippen LogP contribution in [0.15, 0.2) is 59.2 Å². The molecular weight excluding hydrogens is 520 g/mol. The molecule has 0 aromatic heterocycles. The number of allylic oxidation sites excluding steroid dienone is 5. The normalized spacial score (nSPS) is 14.2. The van der Waals surface area contributed by atoms with Crippen molar-refractivity contribution >= 4 is 23.0 Å². The van der Waals surface area contributed by atoms with E-state index in [1.165, 1.54) is 35.3 Å². The molecule has 0 saturated heterocycles. The number of phenols is 3. The van der Waals surface area contributed by atoms with Crippen LogP contribution in [0.25, 0.3) is 0 Å². The van der Waals surface area contributed by atoms with Crippen molar-refractivity contribution in [3.05, 3.63) is 70.3 Å². The number of benzene rings is 2. The van der Waals surface area contributed by atoms with Gasteiger partial charge in [-0.2, -0.15) is 0 Å². The number of aliphatic hydroxyl groups excluding tert-OH is 1. The summed E-state index contributed by atoms with van der Waals surface area (Å²) in [7, 11) is 1.46. The number of amides is 1. The number of methoxy groups -OCH3 is 1. The lowest BCUT2D eigenvalue weighted by atomic mass is 10.00. The molecule has 8 nitrogen and oxygen atoms in total. The van der Waals surface area contributed by atoms with Gasteiger partial charge in [0.2, 0.25) is 0 Å². The van der Waals surface area contributed by atoms with Crippen molar-refractivity contribution in [3.63, 3.8) is 0 Å². The highest BCUT2D eigenvalue weighted by Gasteiger charge is 2.33. The highest BCUT2D eigenvalue weighted by atomic mass is 16.5. The lowest BCUT2D eigenvalue weighted by Crippen LogP contribution is -2.30. The van der Waals surface area contributed by atoms with Crippen LogP contribution in [0.3, 0.4) is 0 Å². The molecule has 8 heteroatoms. The molecule has 1 amide bonds. The van der Waals surface area contributed by atoms with Crippen molar-refractivity contribution < 1.29 is 30.0 Å². The number of ether oxygens (including phenoxy) is 1. The van der Waals surface area contributed by atoms with Crippen molar-refractivity contribution in [1.82, 2.24) is 0 Å². The Kier molecular flexibility index (Phi) is 11.4. The summed E-state index contributed by atoms with van der Waals surface area (Å²) in [5, 5.41) is 45.3. The maximum Gasteiger partial charge on any atom is 0.260 e. The van der Waals surface area contributed by atoms with E-state index >= 15 is 0 Å². The predicted molar refractivity (Wildman–Crippen MR) is 164 cm³/mol. The minimum atomic E-state index is -0.689. The summed E-state index contributed by atoms with van der Waals surface area (Å²) in [6.45, 7) is 8.52. The number of carbonyl (C=O) groups is 1. The molecule has 1 aliphatic rings. The third-order valence-electron chi connectivity index (χ3n) is 7.33. The lowest BCUT2D eigenvalue weighted by Gasteiger charge is -2.25. The smallest absolute Gasteiger partial charge is 0.260 e. The van der Waals surface area contributed by atoms with Crippen LogP contribution in [0.4, 0.5) is 17.1 Å². The van der Waals surface area contributed by atoms with Gasteiger partial charge >= 0.3 is 0 Å². The summed E-state index contributed by atoms with van der Waals surface area (Å²) in [5.41, 5.74) is 4.81. The van der Waals surface area contributed by atoms with Crippen LogP contribution < -0.4 is 10.2 Å². The fourth-order valence-corrected chi connectivity index (χ4v) is 4.96. The first-order valence-corrected chi connectivity index (χ1v) is 14.2. The molecule has 41 heavy (non-hydrogen) atoms. The second kappa shape index (κ2) is 14.8. The highest BCUT2D eigenvalue weighted by molar-refractivity contribution is 6.15. The van der Waals surface area contributed by atoms with Gasteiger partial charge in [0.1, 0.15) is 17.2 Å². The third kappa shape index (κ3) is 7.93. The average molecular weight is 565 g/mol. The summed E-state index contributed by atoms with van der Waals surface area (Å²) in [5.74, 6) is -1.03. The number of aromatic hydroxyl groups is 3. The van der Waals surface area contributed by atoms with E-state index in [4.69, 9.17) is 4.74 Å². The molecule has 0 saturated carbocycles. The fraction of sp³-hybridized carbons (Fsp3) is 0.424. The molecule has 5 N–H and O–H groups in total. The van der Waals surface area contributed by atoms with E-state index in [2.05, 4.69) is 38.2 Å². The summed E-state index contributed by atoms with van der Waals surface area (Å²) < 4.78 is 5.52. The number of para-hydroxylation sites is 1. The van der Waals surface area contributed by atoms with Crippen molar-refractivity contribution in [3.8, 4) is 17.2 Å². The number of nitrogens with one attached hydrogen (secondary N) is 1. The van der Waals surface area contributed by atoms with Gasteiger partial charge in [-0.25, -0.2) is 0 Å². The van der Waals surface area contributed by atoms with Crippen LogP contribution in [0.1, 0.15) is 88.2 Å². The maximum atomic E-state index is 13.8.